The molecule has 6 nitrogen and oxygen atoms in total. The van der Waals surface area contributed by atoms with Gasteiger partial charge in [0.15, 0.2) is 0 Å². The van der Waals surface area contributed by atoms with Crippen LogP contribution < -0.4 is 4.74 Å². The average molecular weight is 362 g/mol. The standard InChI is InChI=1S/C20H30N2O4/c1-20(2,3)22(19(24)25)14-6-5-9-21(12-14)18-16-11-15(26-4)8-7-13(16)10-17(18)23/h7-8,11,14,17-18,23H,5-6,9-10,12H2,1-4H3,(H,24,25)/t14-,17+,18+/m1/s1. The van der Waals surface area contributed by atoms with Gasteiger partial charge < -0.3 is 14.9 Å². The Hall–Kier alpha value is -1.79. The van der Waals surface area contributed by atoms with Gasteiger partial charge in [0.1, 0.15) is 5.75 Å². The van der Waals surface area contributed by atoms with E-state index in [1.165, 1.54) is 0 Å². The molecule has 3 rings (SSSR count). The number of amides is 1. The van der Waals surface area contributed by atoms with Crippen LogP contribution in [0.1, 0.15) is 50.8 Å². The van der Waals surface area contributed by atoms with Crippen molar-refractivity contribution in [3.8, 4) is 5.75 Å². The van der Waals surface area contributed by atoms with Crippen LogP contribution in [-0.2, 0) is 6.42 Å². The van der Waals surface area contributed by atoms with Crippen molar-refractivity contribution < 1.29 is 19.7 Å². The molecule has 1 saturated heterocycles. The number of methoxy groups -OCH3 is 1. The fraction of sp³-hybridized carbons (Fsp3) is 0.650. The van der Waals surface area contributed by atoms with E-state index in [0.29, 0.717) is 13.0 Å². The Morgan fingerprint density at radius 3 is 2.69 bits per heavy atom. The highest BCUT2D eigenvalue weighted by molar-refractivity contribution is 5.66. The van der Waals surface area contributed by atoms with Crippen LogP contribution in [0.25, 0.3) is 0 Å². The zero-order valence-electron chi connectivity index (χ0n) is 16.1. The van der Waals surface area contributed by atoms with Crippen molar-refractivity contribution >= 4 is 6.09 Å². The summed E-state index contributed by atoms with van der Waals surface area (Å²) in [7, 11) is 1.65. The second-order valence-electron chi connectivity index (χ2n) is 8.40. The topological polar surface area (TPSA) is 73.2 Å². The molecule has 1 aliphatic heterocycles. The molecule has 0 spiro atoms. The molecule has 1 heterocycles. The van der Waals surface area contributed by atoms with Gasteiger partial charge in [-0.3, -0.25) is 9.80 Å². The van der Waals surface area contributed by atoms with E-state index in [0.717, 1.165) is 36.3 Å². The lowest BCUT2D eigenvalue weighted by Gasteiger charge is -2.46. The van der Waals surface area contributed by atoms with Crippen LogP contribution in [0.5, 0.6) is 5.75 Å². The third-order valence-electron chi connectivity index (χ3n) is 5.58. The van der Waals surface area contributed by atoms with Crippen LogP contribution in [0.2, 0.25) is 0 Å². The summed E-state index contributed by atoms with van der Waals surface area (Å²) in [6.07, 6.45) is 1.07. The SMILES string of the molecule is COc1ccc2c(c1)[C@H](N1CCC[C@@H](N(C(=O)O)C(C)(C)C)C1)[C@@H](O)C2. The number of fused-ring (bicyclic) bond motifs is 1. The van der Waals surface area contributed by atoms with Crippen LogP contribution in [0.3, 0.4) is 0 Å². The molecule has 144 valence electrons. The van der Waals surface area contributed by atoms with E-state index >= 15 is 0 Å². The lowest BCUT2D eigenvalue weighted by molar-refractivity contribution is -0.00103. The normalized spacial score (nSPS) is 26.4. The lowest BCUT2D eigenvalue weighted by atomic mass is 9.95. The summed E-state index contributed by atoms with van der Waals surface area (Å²) in [6.45, 7) is 7.31. The molecule has 0 unspecified atom stereocenters. The summed E-state index contributed by atoms with van der Waals surface area (Å²) >= 11 is 0. The Kier molecular flexibility index (Phi) is 5.17. The van der Waals surface area contributed by atoms with Crippen LogP contribution in [0.4, 0.5) is 4.79 Å². The zero-order valence-corrected chi connectivity index (χ0v) is 16.1. The van der Waals surface area contributed by atoms with Crippen LogP contribution in [-0.4, -0.2) is 64.0 Å². The highest BCUT2D eigenvalue weighted by atomic mass is 16.5. The van der Waals surface area contributed by atoms with Gasteiger partial charge >= 0.3 is 6.09 Å². The number of aliphatic hydroxyl groups is 1. The fourth-order valence-corrected chi connectivity index (χ4v) is 4.58. The molecular weight excluding hydrogens is 332 g/mol. The van der Waals surface area contributed by atoms with Crippen molar-refractivity contribution in [2.75, 3.05) is 20.2 Å². The Morgan fingerprint density at radius 2 is 2.08 bits per heavy atom. The molecule has 3 atom stereocenters. The van der Waals surface area contributed by atoms with Crippen molar-refractivity contribution in [1.29, 1.82) is 0 Å². The molecule has 0 saturated carbocycles. The van der Waals surface area contributed by atoms with E-state index in [9.17, 15) is 15.0 Å². The second kappa shape index (κ2) is 7.08. The molecule has 0 aromatic heterocycles. The van der Waals surface area contributed by atoms with Gasteiger partial charge in [-0.05, 0) is 63.4 Å². The molecule has 2 N–H and O–H groups in total. The van der Waals surface area contributed by atoms with Crippen molar-refractivity contribution in [2.45, 2.75) is 63.8 Å². The summed E-state index contributed by atoms with van der Waals surface area (Å²) in [5, 5.41) is 20.4. The lowest BCUT2D eigenvalue weighted by Crippen LogP contribution is -2.57. The summed E-state index contributed by atoms with van der Waals surface area (Å²) in [5.41, 5.74) is 1.81. The van der Waals surface area contributed by atoms with Gasteiger partial charge in [0.2, 0.25) is 0 Å². The third-order valence-corrected chi connectivity index (χ3v) is 5.58. The number of ether oxygens (including phenoxy) is 1. The monoisotopic (exact) mass is 362 g/mol. The van der Waals surface area contributed by atoms with E-state index < -0.39 is 17.7 Å². The average Bonchev–Trinajstić information content (AvgIpc) is 2.88. The number of aliphatic hydroxyl groups excluding tert-OH is 1. The molecule has 2 aliphatic rings. The van der Waals surface area contributed by atoms with Crippen LogP contribution in [0.15, 0.2) is 18.2 Å². The predicted octanol–water partition coefficient (Wildman–Crippen LogP) is 2.90. The number of rotatable bonds is 3. The Bertz CT molecular complexity index is 670. The maximum absolute atomic E-state index is 11.9. The van der Waals surface area contributed by atoms with E-state index in [1.807, 2.05) is 39.0 Å². The van der Waals surface area contributed by atoms with E-state index in [4.69, 9.17) is 4.74 Å². The van der Waals surface area contributed by atoms with E-state index in [1.54, 1.807) is 12.0 Å². The quantitative estimate of drug-likeness (QED) is 0.865. The largest absolute Gasteiger partial charge is 0.497 e. The van der Waals surface area contributed by atoms with E-state index in [-0.39, 0.29) is 12.1 Å². The van der Waals surface area contributed by atoms with Gasteiger partial charge in [-0.15, -0.1) is 0 Å². The smallest absolute Gasteiger partial charge is 0.408 e. The number of nitrogens with zero attached hydrogens (tertiary/aromatic N) is 2. The van der Waals surface area contributed by atoms with Gasteiger partial charge in [-0.1, -0.05) is 6.07 Å². The maximum atomic E-state index is 11.9. The molecule has 0 bridgehead atoms. The zero-order chi connectivity index (χ0) is 19.1. The summed E-state index contributed by atoms with van der Waals surface area (Å²) in [5.74, 6) is 0.790. The number of carbonyl (C=O) groups is 1. The maximum Gasteiger partial charge on any atom is 0.408 e. The molecule has 1 aliphatic carbocycles. The summed E-state index contributed by atoms with van der Waals surface area (Å²) < 4.78 is 5.36. The van der Waals surface area contributed by atoms with Gasteiger partial charge in [-0.2, -0.15) is 0 Å². The minimum atomic E-state index is -0.876. The van der Waals surface area contributed by atoms with Gasteiger partial charge in [0, 0.05) is 24.5 Å². The first-order valence-corrected chi connectivity index (χ1v) is 9.33. The number of likely N-dealkylation sites (tertiary alicyclic amines) is 1. The molecular formula is C20H30N2O4. The third kappa shape index (κ3) is 3.53. The first kappa shape index (κ1) is 19.0. The first-order valence-electron chi connectivity index (χ1n) is 9.33. The first-order chi connectivity index (χ1) is 12.2. The molecule has 1 amide bonds. The van der Waals surface area contributed by atoms with Crippen LogP contribution in [0, 0.1) is 0 Å². The molecule has 26 heavy (non-hydrogen) atoms. The van der Waals surface area contributed by atoms with Crippen molar-refractivity contribution in [3.63, 3.8) is 0 Å². The second-order valence-corrected chi connectivity index (χ2v) is 8.40. The molecule has 1 aromatic rings. The van der Waals surface area contributed by atoms with Crippen LogP contribution >= 0.6 is 0 Å². The van der Waals surface area contributed by atoms with Crippen molar-refractivity contribution in [2.24, 2.45) is 0 Å². The summed E-state index contributed by atoms with van der Waals surface area (Å²) in [4.78, 5) is 15.7. The van der Waals surface area contributed by atoms with Crippen molar-refractivity contribution in [1.82, 2.24) is 9.80 Å². The van der Waals surface area contributed by atoms with Crippen molar-refractivity contribution in [3.05, 3.63) is 29.3 Å². The predicted molar refractivity (Wildman–Crippen MR) is 99.7 cm³/mol. The minimum Gasteiger partial charge on any atom is -0.497 e. The van der Waals surface area contributed by atoms with Gasteiger partial charge in [0.05, 0.1) is 19.3 Å². The number of carboxylic acid groups (broad SMARTS) is 1. The Morgan fingerprint density at radius 1 is 1.35 bits per heavy atom. The summed E-state index contributed by atoms with van der Waals surface area (Å²) in [6, 6.07) is 5.80. The van der Waals surface area contributed by atoms with Gasteiger partial charge in [0.25, 0.3) is 0 Å². The Balaban J connectivity index is 1.85. The van der Waals surface area contributed by atoms with Gasteiger partial charge in [-0.25, -0.2) is 4.79 Å². The number of hydrogen-bond acceptors (Lipinski definition) is 4. The Labute approximate surface area is 155 Å². The molecule has 0 radical (unpaired) electrons. The highest BCUT2D eigenvalue weighted by Crippen LogP contribution is 2.40. The molecule has 1 aromatic carbocycles. The number of hydrogen-bond donors (Lipinski definition) is 2. The minimum absolute atomic E-state index is 0.0666. The highest BCUT2D eigenvalue weighted by Gasteiger charge is 2.41. The molecule has 1 fully saturated rings. The van der Waals surface area contributed by atoms with E-state index in [2.05, 4.69) is 4.90 Å². The number of benzene rings is 1. The fourth-order valence-electron chi connectivity index (χ4n) is 4.58. The molecule has 6 heteroatoms. The number of piperidine rings is 1.